The summed E-state index contributed by atoms with van der Waals surface area (Å²) in [5.41, 5.74) is 1.09. The fraction of sp³-hybridized carbons (Fsp3) is 0.600. The van der Waals surface area contributed by atoms with Crippen LogP contribution in [-0.4, -0.2) is 54.4 Å². The van der Waals surface area contributed by atoms with Crippen molar-refractivity contribution in [1.82, 2.24) is 9.80 Å². The van der Waals surface area contributed by atoms with E-state index in [0.717, 1.165) is 61.0 Å². The average molecular weight is 423 g/mol. The second-order valence-electron chi connectivity index (χ2n) is 7.10. The van der Waals surface area contributed by atoms with Crippen LogP contribution < -0.4 is 4.74 Å². The molecule has 0 radical (unpaired) electrons. The van der Waals surface area contributed by atoms with Crippen LogP contribution in [0.25, 0.3) is 0 Å². The summed E-state index contributed by atoms with van der Waals surface area (Å²) < 4.78 is 6.14. The van der Waals surface area contributed by atoms with Crippen LogP contribution in [0.1, 0.15) is 44.1 Å². The maximum atomic E-state index is 12.8. The first-order valence-electron chi connectivity index (χ1n) is 9.51. The maximum Gasteiger partial charge on any atom is 0.245 e. The van der Waals surface area contributed by atoms with E-state index < -0.39 is 0 Å². The molecule has 1 unspecified atom stereocenters. The van der Waals surface area contributed by atoms with Crippen LogP contribution >= 0.6 is 15.9 Å². The smallest absolute Gasteiger partial charge is 0.245 e. The Hall–Kier alpha value is -1.56. The zero-order chi connectivity index (χ0) is 18.5. The van der Waals surface area contributed by atoms with E-state index in [4.69, 9.17) is 4.74 Å². The number of hydrogen-bond donors (Lipinski definition) is 0. The number of carbonyl (C=O) groups excluding carboxylic acids is 2. The number of amides is 2. The molecule has 0 N–H and O–H groups in total. The fourth-order valence-electron chi connectivity index (χ4n) is 3.90. The number of piperidine rings is 1. The first kappa shape index (κ1) is 19.2. The topological polar surface area (TPSA) is 49.9 Å². The number of halogens is 1. The first-order valence-corrected chi connectivity index (χ1v) is 10.3. The van der Waals surface area contributed by atoms with E-state index in [9.17, 15) is 9.59 Å². The van der Waals surface area contributed by atoms with Gasteiger partial charge in [0.05, 0.1) is 11.6 Å². The fourth-order valence-corrected chi connectivity index (χ4v) is 4.48. The molecule has 0 saturated carbocycles. The highest BCUT2D eigenvalue weighted by Gasteiger charge is 2.35. The molecule has 3 rings (SSSR count). The van der Waals surface area contributed by atoms with Crippen molar-refractivity contribution in [2.75, 3.05) is 26.7 Å². The number of nitrogens with zero attached hydrogens (tertiary/aromatic N) is 2. The van der Waals surface area contributed by atoms with Gasteiger partial charge in [0, 0.05) is 26.1 Å². The molecule has 0 spiro atoms. The number of aryl methyl sites for hydroxylation is 1. The van der Waals surface area contributed by atoms with Crippen molar-refractivity contribution in [2.24, 2.45) is 0 Å². The molecular formula is C20H27BrN2O3. The van der Waals surface area contributed by atoms with E-state index in [1.165, 1.54) is 0 Å². The lowest BCUT2D eigenvalue weighted by molar-refractivity contribution is -0.147. The number of ether oxygens (including phenoxy) is 1. The van der Waals surface area contributed by atoms with Crippen molar-refractivity contribution in [3.05, 3.63) is 28.2 Å². The maximum absolute atomic E-state index is 12.8. The predicted octanol–water partition coefficient (Wildman–Crippen LogP) is 3.39. The van der Waals surface area contributed by atoms with Crippen LogP contribution in [0.4, 0.5) is 0 Å². The van der Waals surface area contributed by atoms with Crippen molar-refractivity contribution in [2.45, 2.75) is 51.0 Å². The van der Waals surface area contributed by atoms with E-state index in [-0.39, 0.29) is 17.9 Å². The first-order chi connectivity index (χ1) is 12.6. The predicted molar refractivity (Wildman–Crippen MR) is 104 cm³/mol. The molecule has 2 saturated heterocycles. The molecule has 2 aliphatic rings. The van der Waals surface area contributed by atoms with Gasteiger partial charge in [-0.05, 0) is 72.2 Å². The summed E-state index contributed by atoms with van der Waals surface area (Å²) >= 11 is 3.49. The highest BCUT2D eigenvalue weighted by Crippen LogP contribution is 2.27. The summed E-state index contributed by atoms with van der Waals surface area (Å²) in [4.78, 5) is 29.4. The van der Waals surface area contributed by atoms with Crippen molar-refractivity contribution >= 4 is 27.7 Å². The van der Waals surface area contributed by atoms with Crippen LogP contribution in [0, 0.1) is 0 Å². The van der Waals surface area contributed by atoms with Crippen LogP contribution in [0.15, 0.2) is 22.7 Å². The summed E-state index contributed by atoms with van der Waals surface area (Å²) in [5, 5.41) is 0. The molecular weight excluding hydrogens is 396 g/mol. The molecule has 2 aliphatic heterocycles. The number of benzene rings is 1. The van der Waals surface area contributed by atoms with Crippen LogP contribution in [-0.2, 0) is 16.0 Å². The van der Waals surface area contributed by atoms with Crippen molar-refractivity contribution in [1.29, 1.82) is 0 Å². The third-order valence-corrected chi connectivity index (χ3v) is 5.99. The molecule has 0 bridgehead atoms. The summed E-state index contributed by atoms with van der Waals surface area (Å²) in [6, 6.07) is 5.64. The molecule has 2 fully saturated rings. The van der Waals surface area contributed by atoms with Gasteiger partial charge in [0.25, 0.3) is 0 Å². The molecule has 2 heterocycles. The zero-order valence-corrected chi connectivity index (χ0v) is 17.0. The SMILES string of the molecule is COc1ccc(CCC(=O)N2CCCCC2C(=O)N2CCCC2)cc1Br. The second kappa shape index (κ2) is 8.89. The normalized spacial score (nSPS) is 20.3. The molecule has 26 heavy (non-hydrogen) atoms. The summed E-state index contributed by atoms with van der Waals surface area (Å²) in [5.74, 6) is 1.03. The van der Waals surface area contributed by atoms with E-state index in [1.807, 2.05) is 28.0 Å². The third-order valence-electron chi connectivity index (χ3n) is 5.37. The van der Waals surface area contributed by atoms with Gasteiger partial charge >= 0.3 is 0 Å². The van der Waals surface area contributed by atoms with Gasteiger partial charge in [0.15, 0.2) is 0 Å². The van der Waals surface area contributed by atoms with E-state index >= 15 is 0 Å². The van der Waals surface area contributed by atoms with Gasteiger partial charge in [-0.25, -0.2) is 0 Å². The van der Waals surface area contributed by atoms with Crippen molar-refractivity contribution < 1.29 is 14.3 Å². The van der Waals surface area contributed by atoms with Gasteiger partial charge in [0.1, 0.15) is 11.8 Å². The minimum absolute atomic E-state index is 0.0918. The van der Waals surface area contributed by atoms with E-state index in [1.54, 1.807) is 7.11 Å². The third kappa shape index (κ3) is 4.40. The number of rotatable bonds is 5. The Bertz CT molecular complexity index is 658. The minimum atomic E-state index is -0.253. The largest absolute Gasteiger partial charge is 0.496 e. The minimum Gasteiger partial charge on any atom is -0.496 e. The summed E-state index contributed by atoms with van der Waals surface area (Å²) in [6.07, 6.45) is 6.08. The number of carbonyl (C=O) groups is 2. The van der Waals surface area contributed by atoms with Crippen LogP contribution in [0.5, 0.6) is 5.75 Å². The molecule has 2 amide bonds. The number of likely N-dealkylation sites (tertiary alicyclic amines) is 2. The zero-order valence-electron chi connectivity index (χ0n) is 15.4. The molecule has 5 nitrogen and oxygen atoms in total. The Morgan fingerprint density at radius 1 is 1.15 bits per heavy atom. The highest BCUT2D eigenvalue weighted by molar-refractivity contribution is 9.10. The Kier molecular flexibility index (Phi) is 6.57. The van der Waals surface area contributed by atoms with Gasteiger partial charge < -0.3 is 14.5 Å². The second-order valence-corrected chi connectivity index (χ2v) is 7.95. The van der Waals surface area contributed by atoms with E-state index in [2.05, 4.69) is 15.9 Å². The Balaban J connectivity index is 1.61. The van der Waals surface area contributed by atoms with Crippen molar-refractivity contribution in [3.8, 4) is 5.75 Å². The van der Waals surface area contributed by atoms with Gasteiger partial charge in [-0.1, -0.05) is 6.07 Å². The highest BCUT2D eigenvalue weighted by atomic mass is 79.9. The monoisotopic (exact) mass is 422 g/mol. The molecule has 0 aromatic heterocycles. The summed E-state index contributed by atoms with van der Waals surface area (Å²) in [7, 11) is 1.64. The molecule has 1 aromatic rings. The standard InChI is InChI=1S/C20H27BrN2O3/c1-26-18-9-7-15(14-16(18)21)8-10-19(24)23-13-3-2-6-17(23)20(25)22-11-4-5-12-22/h7,9,14,17H,2-6,8,10-13H2,1H3. The number of hydrogen-bond acceptors (Lipinski definition) is 3. The lowest BCUT2D eigenvalue weighted by Gasteiger charge is -2.37. The average Bonchev–Trinajstić information content (AvgIpc) is 3.20. The molecule has 142 valence electrons. The van der Waals surface area contributed by atoms with Gasteiger partial charge in [0.2, 0.25) is 11.8 Å². The molecule has 1 aromatic carbocycles. The Morgan fingerprint density at radius 3 is 2.58 bits per heavy atom. The van der Waals surface area contributed by atoms with Gasteiger partial charge in [-0.15, -0.1) is 0 Å². The molecule has 1 atom stereocenters. The van der Waals surface area contributed by atoms with Crippen LogP contribution in [0.3, 0.4) is 0 Å². The molecule has 6 heteroatoms. The van der Waals surface area contributed by atoms with Crippen molar-refractivity contribution in [3.63, 3.8) is 0 Å². The van der Waals surface area contributed by atoms with Crippen LogP contribution in [0.2, 0.25) is 0 Å². The number of methoxy groups -OCH3 is 1. The molecule has 0 aliphatic carbocycles. The lowest BCUT2D eigenvalue weighted by Crippen LogP contribution is -2.52. The van der Waals surface area contributed by atoms with Gasteiger partial charge in [-0.3, -0.25) is 9.59 Å². The van der Waals surface area contributed by atoms with E-state index in [0.29, 0.717) is 19.4 Å². The lowest BCUT2D eigenvalue weighted by atomic mass is 9.99. The Labute approximate surface area is 163 Å². The summed E-state index contributed by atoms with van der Waals surface area (Å²) in [6.45, 7) is 2.39. The quantitative estimate of drug-likeness (QED) is 0.730. The van der Waals surface area contributed by atoms with Gasteiger partial charge in [-0.2, -0.15) is 0 Å². The Morgan fingerprint density at radius 2 is 1.88 bits per heavy atom.